The Morgan fingerprint density at radius 1 is 1.15 bits per heavy atom. The molecule has 1 aromatic rings. The second kappa shape index (κ2) is 9.14. The number of hydrogen-bond acceptors (Lipinski definition) is 0. The van der Waals surface area contributed by atoms with Crippen LogP contribution in [0.15, 0.2) is 47.6 Å². The number of alkyl halides is 5. The van der Waals surface area contributed by atoms with Crippen LogP contribution >= 0.6 is 9.24 Å². The topological polar surface area (TPSA) is 0 Å². The molecule has 0 saturated carbocycles. The van der Waals surface area contributed by atoms with Gasteiger partial charge in [-0.25, -0.2) is 0 Å². The zero-order valence-corrected chi connectivity index (χ0v) is 17.4. The lowest BCUT2D eigenvalue weighted by molar-refractivity contribution is -0.0882. The highest BCUT2D eigenvalue weighted by molar-refractivity contribution is 7.17. The first kappa shape index (κ1) is 23.6. The van der Waals surface area contributed by atoms with Crippen molar-refractivity contribution in [2.45, 2.75) is 52.9 Å². The zero-order chi connectivity index (χ0) is 21.0. The third-order valence-electron chi connectivity index (χ3n) is 4.18. The zero-order valence-electron chi connectivity index (χ0n) is 16.2. The van der Waals surface area contributed by atoms with E-state index in [4.69, 9.17) is 0 Å². The Hall–Kier alpha value is -1.48. The van der Waals surface area contributed by atoms with Crippen molar-refractivity contribution < 1.29 is 22.0 Å². The van der Waals surface area contributed by atoms with Crippen molar-refractivity contribution in [2.24, 2.45) is 5.92 Å². The molecule has 0 heterocycles. The summed E-state index contributed by atoms with van der Waals surface area (Å²) < 4.78 is 67.8. The molecule has 0 radical (unpaired) electrons. The van der Waals surface area contributed by atoms with Crippen molar-refractivity contribution in [3.63, 3.8) is 0 Å². The monoisotopic (exact) mass is 404 g/mol. The lowest BCUT2D eigenvalue weighted by Gasteiger charge is -2.21. The Morgan fingerprint density at radius 2 is 1.74 bits per heavy atom. The Balaban J connectivity index is 3.82. The van der Waals surface area contributed by atoms with Crippen LogP contribution in [-0.2, 0) is 5.66 Å². The van der Waals surface area contributed by atoms with Gasteiger partial charge < -0.3 is 0 Å². The van der Waals surface area contributed by atoms with Crippen molar-refractivity contribution in [2.75, 3.05) is 0 Å². The van der Waals surface area contributed by atoms with E-state index < -0.39 is 17.4 Å². The maximum Gasteiger partial charge on any atom is 0.416 e. The number of hydrogen-bond donors (Lipinski definition) is 0. The van der Waals surface area contributed by atoms with Gasteiger partial charge >= 0.3 is 6.18 Å². The van der Waals surface area contributed by atoms with E-state index in [2.05, 4.69) is 0 Å². The highest BCUT2D eigenvalue weighted by atomic mass is 31.0. The van der Waals surface area contributed by atoms with Crippen LogP contribution in [0.1, 0.15) is 50.8 Å². The van der Waals surface area contributed by atoms with Crippen LogP contribution in [0.2, 0.25) is 0 Å². The van der Waals surface area contributed by atoms with Gasteiger partial charge in [0.1, 0.15) is 0 Å². The SMILES string of the molecule is C/C=C(/C=C(\C(=C/C(C)C)CC)c1cccc(C(F)(F)P)c1C)C(F)(F)F. The van der Waals surface area contributed by atoms with Crippen LogP contribution in [0, 0.1) is 12.8 Å². The third kappa shape index (κ3) is 6.27. The van der Waals surface area contributed by atoms with Gasteiger partial charge in [0.05, 0.1) is 5.57 Å². The van der Waals surface area contributed by atoms with E-state index in [1.165, 1.54) is 35.2 Å². The molecule has 150 valence electrons. The minimum Gasteiger partial charge on any atom is -0.197 e. The molecule has 0 aliphatic carbocycles. The minimum absolute atomic E-state index is 0.106. The van der Waals surface area contributed by atoms with Gasteiger partial charge in [0, 0.05) is 5.56 Å². The smallest absolute Gasteiger partial charge is 0.197 e. The molecular weight excluding hydrogens is 378 g/mol. The molecule has 0 aliphatic rings. The van der Waals surface area contributed by atoms with Crippen LogP contribution in [-0.4, -0.2) is 6.18 Å². The molecule has 1 atom stereocenters. The molecule has 27 heavy (non-hydrogen) atoms. The third-order valence-corrected chi connectivity index (χ3v) is 4.49. The van der Waals surface area contributed by atoms with Gasteiger partial charge in [-0.15, -0.1) is 0 Å². The van der Waals surface area contributed by atoms with Crippen LogP contribution in [0.4, 0.5) is 22.0 Å². The summed E-state index contributed by atoms with van der Waals surface area (Å²) in [4.78, 5) is 0. The van der Waals surface area contributed by atoms with Crippen molar-refractivity contribution >= 4 is 14.8 Å². The van der Waals surface area contributed by atoms with Crippen LogP contribution in [0.3, 0.4) is 0 Å². The Labute approximate surface area is 160 Å². The number of benzene rings is 1. The van der Waals surface area contributed by atoms with Gasteiger partial charge in [0.2, 0.25) is 0 Å². The maximum absolute atomic E-state index is 13.9. The summed E-state index contributed by atoms with van der Waals surface area (Å²) in [6.07, 6.45) is -0.107. The minimum atomic E-state index is -4.52. The molecule has 0 spiro atoms. The molecule has 0 saturated heterocycles. The molecule has 0 aliphatic heterocycles. The summed E-state index contributed by atoms with van der Waals surface area (Å²) in [6.45, 7) is 8.52. The summed E-state index contributed by atoms with van der Waals surface area (Å²) >= 11 is 0. The number of rotatable bonds is 6. The highest BCUT2D eigenvalue weighted by Gasteiger charge is 2.33. The van der Waals surface area contributed by atoms with Crippen LogP contribution in [0.5, 0.6) is 0 Å². The maximum atomic E-state index is 13.9. The molecule has 1 aromatic carbocycles. The second-order valence-corrected chi connectivity index (χ2v) is 7.42. The fourth-order valence-electron chi connectivity index (χ4n) is 2.92. The van der Waals surface area contributed by atoms with Gasteiger partial charge in [-0.1, -0.05) is 60.4 Å². The molecule has 0 bridgehead atoms. The number of halogens is 5. The van der Waals surface area contributed by atoms with E-state index in [9.17, 15) is 22.0 Å². The average molecular weight is 404 g/mol. The lowest BCUT2D eigenvalue weighted by Crippen LogP contribution is -2.11. The summed E-state index contributed by atoms with van der Waals surface area (Å²) in [6, 6.07) is 4.34. The average Bonchev–Trinajstić information content (AvgIpc) is 2.52. The summed E-state index contributed by atoms with van der Waals surface area (Å²) in [5, 5.41) is 0. The Morgan fingerprint density at radius 3 is 2.15 bits per heavy atom. The standard InChI is InChI=1S/C21H26F5P/c1-6-15(11-13(3)4)18(12-16(7-2)20(22,23)24)17-9-8-10-19(14(17)5)21(25,26)27/h7-13H,6,27H2,1-5H3/b15-11-,16-7-,18-12+. The molecule has 0 nitrogen and oxygen atoms in total. The van der Waals surface area contributed by atoms with Crippen LogP contribution < -0.4 is 0 Å². The van der Waals surface area contributed by atoms with E-state index in [0.29, 0.717) is 23.1 Å². The van der Waals surface area contributed by atoms with Crippen molar-refractivity contribution in [1.82, 2.24) is 0 Å². The van der Waals surface area contributed by atoms with Crippen molar-refractivity contribution in [3.8, 4) is 0 Å². The fraction of sp³-hybridized carbons (Fsp3) is 0.429. The number of allylic oxidation sites excluding steroid dienone is 6. The normalized spacial score (nSPS) is 14.9. The molecule has 1 rings (SSSR count). The molecule has 0 amide bonds. The predicted octanol–water partition coefficient (Wildman–Crippen LogP) is 7.80. The summed E-state index contributed by atoms with van der Waals surface area (Å²) in [7, 11) is 1.49. The van der Waals surface area contributed by atoms with Crippen LogP contribution in [0.25, 0.3) is 5.57 Å². The second-order valence-electron chi connectivity index (χ2n) is 6.69. The van der Waals surface area contributed by atoms with Crippen molar-refractivity contribution in [1.29, 1.82) is 0 Å². The first-order valence-electron chi connectivity index (χ1n) is 8.76. The molecule has 1 unspecified atom stereocenters. The van der Waals surface area contributed by atoms with Crippen molar-refractivity contribution in [3.05, 3.63) is 64.3 Å². The van der Waals surface area contributed by atoms with E-state index in [-0.39, 0.29) is 17.0 Å². The Bertz CT molecular complexity index is 747. The summed E-state index contributed by atoms with van der Waals surface area (Å²) in [5.41, 5.74) is -2.51. The molecule has 6 heteroatoms. The first-order valence-corrected chi connectivity index (χ1v) is 9.34. The largest absolute Gasteiger partial charge is 0.416 e. The fourth-order valence-corrected chi connectivity index (χ4v) is 3.23. The first-order chi connectivity index (χ1) is 12.3. The molecule has 0 aromatic heterocycles. The van der Waals surface area contributed by atoms with E-state index in [1.807, 2.05) is 26.8 Å². The molecular formula is C21H26F5P. The van der Waals surface area contributed by atoms with Gasteiger partial charge in [-0.3, -0.25) is 0 Å². The van der Waals surface area contributed by atoms with Gasteiger partial charge in [0.15, 0.2) is 0 Å². The molecule has 0 N–H and O–H groups in total. The van der Waals surface area contributed by atoms with E-state index in [1.54, 1.807) is 6.07 Å². The summed E-state index contributed by atoms with van der Waals surface area (Å²) in [5.74, 6) is 0.106. The predicted molar refractivity (Wildman–Crippen MR) is 106 cm³/mol. The Kier molecular flexibility index (Phi) is 7.98. The van der Waals surface area contributed by atoms with E-state index >= 15 is 0 Å². The lowest BCUT2D eigenvalue weighted by atomic mass is 9.87. The quantitative estimate of drug-likeness (QED) is 0.258. The molecule has 0 fully saturated rings. The van der Waals surface area contributed by atoms with E-state index in [0.717, 1.165) is 12.2 Å². The van der Waals surface area contributed by atoms with Gasteiger partial charge in [0.25, 0.3) is 5.66 Å². The highest BCUT2D eigenvalue weighted by Crippen LogP contribution is 2.41. The van der Waals surface area contributed by atoms with Gasteiger partial charge in [-0.2, -0.15) is 22.0 Å². The van der Waals surface area contributed by atoms with Gasteiger partial charge in [-0.05, 0) is 54.5 Å².